The first-order chi connectivity index (χ1) is 10.2. The van der Waals surface area contributed by atoms with Crippen molar-refractivity contribution in [3.63, 3.8) is 0 Å². The molecule has 0 saturated carbocycles. The number of aromatic nitrogens is 2. The maximum Gasteiger partial charge on any atom is 0.147 e. The summed E-state index contributed by atoms with van der Waals surface area (Å²) < 4.78 is 15.9. The van der Waals surface area contributed by atoms with Crippen molar-refractivity contribution in [2.75, 3.05) is 5.32 Å². The summed E-state index contributed by atoms with van der Waals surface area (Å²) in [7, 11) is 0. The average molecular weight is 304 g/mol. The van der Waals surface area contributed by atoms with Crippen LogP contribution in [-0.4, -0.2) is 9.55 Å². The van der Waals surface area contributed by atoms with E-state index in [1.807, 2.05) is 24.3 Å². The summed E-state index contributed by atoms with van der Waals surface area (Å²) in [6.07, 6.45) is 0. The Morgan fingerprint density at radius 2 is 2.00 bits per heavy atom. The third kappa shape index (κ3) is 2.59. The molecule has 3 rings (SSSR count). The topological polar surface area (TPSA) is 29.9 Å². The number of nitrogens with one attached hydrogen (secondary N) is 1. The Hall–Kier alpha value is -2.07. The quantitative estimate of drug-likeness (QED) is 0.771. The monoisotopic (exact) mass is 303 g/mol. The van der Waals surface area contributed by atoms with Gasteiger partial charge < -0.3 is 9.88 Å². The third-order valence-corrected chi connectivity index (χ3v) is 3.75. The number of nitrogens with zero attached hydrogens (tertiary/aromatic N) is 2. The second kappa shape index (κ2) is 5.74. The molecule has 0 radical (unpaired) electrons. The Labute approximate surface area is 127 Å². The predicted molar refractivity (Wildman–Crippen MR) is 84.1 cm³/mol. The molecule has 0 aliphatic carbocycles. The smallest absolute Gasteiger partial charge is 0.147 e. The number of halogens is 2. The van der Waals surface area contributed by atoms with Crippen molar-refractivity contribution in [3.8, 4) is 0 Å². The number of para-hydroxylation sites is 3. The number of anilines is 1. The number of imidazole rings is 1. The lowest BCUT2D eigenvalue weighted by Gasteiger charge is -2.10. The maximum absolute atomic E-state index is 13.8. The van der Waals surface area contributed by atoms with Gasteiger partial charge in [-0.2, -0.15) is 0 Å². The van der Waals surface area contributed by atoms with E-state index in [2.05, 4.69) is 21.8 Å². The summed E-state index contributed by atoms with van der Waals surface area (Å²) in [5.41, 5.74) is 2.33. The number of hydrogen-bond donors (Lipinski definition) is 1. The molecule has 5 heteroatoms. The summed E-state index contributed by atoms with van der Waals surface area (Å²) in [6.45, 7) is 3.29. The average Bonchev–Trinajstić information content (AvgIpc) is 2.84. The summed E-state index contributed by atoms with van der Waals surface area (Å²) in [6, 6.07) is 12.6. The first-order valence-electron chi connectivity index (χ1n) is 6.82. The van der Waals surface area contributed by atoms with Crippen LogP contribution in [0, 0.1) is 5.82 Å². The molecule has 1 N–H and O–H groups in total. The zero-order chi connectivity index (χ0) is 14.8. The van der Waals surface area contributed by atoms with E-state index < -0.39 is 0 Å². The molecule has 0 atom stereocenters. The summed E-state index contributed by atoms with van der Waals surface area (Å²) in [4.78, 5) is 4.59. The number of fused-ring (bicyclic) bond motifs is 1. The van der Waals surface area contributed by atoms with Gasteiger partial charge in [-0.25, -0.2) is 9.37 Å². The van der Waals surface area contributed by atoms with Crippen molar-refractivity contribution in [3.05, 3.63) is 59.1 Å². The molecular formula is C16H15ClFN3. The van der Waals surface area contributed by atoms with Gasteiger partial charge in [-0.3, -0.25) is 0 Å². The fourth-order valence-electron chi connectivity index (χ4n) is 2.45. The lowest BCUT2D eigenvalue weighted by atomic mass is 10.3. The van der Waals surface area contributed by atoms with Crippen molar-refractivity contribution in [2.24, 2.45) is 0 Å². The zero-order valence-corrected chi connectivity index (χ0v) is 12.4. The highest BCUT2D eigenvalue weighted by molar-refractivity contribution is 6.33. The second-order valence-corrected chi connectivity index (χ2v) is 5.12. The molecule has 0 fully saturated rings. The van der Waals surface area contributed by atoms with E-state index in [1.165, 1.54) is 6.07 Å². The van der Waals surface area contributed by atoms with Crippen LogP contribution in [0.1, 0.15) is 12.7 Å². The highest BCUT2D eigenvalue weighted by atomic mass is 35.5. The lowest BCUT2D eigenvalue weighted by molar-refractivity contribution is 0.629. The number of aryl methyl sites for hydroxylation is 1. The van der Waals surface area contributed by atoms with E-state index in [9.17, 15) is 4.39 Å². The van der Waals surface area contributed by atoms with E-state index in [-0.39, 0.29) is 5.82 Å². The minimum absolute atomic E-state index is 0.314. The number of rotatable bonds is 4. The van der Waals surface area contributed by atoms with Crippen LogP contribution in [0.3, 0.4) is 0 Å². The largest absolute Gasteiger partial charge is 0.374 e. The third-order valence-electron chi connectivity index (χ3n) is 3.44. The first kappa shape index (κ1) is 13.9. The van der Waals surface area contributed by atoms with Gasteiger partial charge >= 0.3 is 0 Å². The van der Waals surface area contributed by atoms with Crippen molar-refractivity contribution in [1.29, 1.82) is 0 Å². The molecule has 2 aromatic carbocycles. The molecule has 0 spiro atoms. The van der Waals surface area contributed by atoms with Crippen molar-refractivity contribution in [1.82, 2.24) is 9.55 Å². The molecule has 1 heterocycles. The van der Waals surface area contributed by atoms with Crippen molar-refractivity contribution < 1.29 is 4.39 Å². The summed E-state index contributed by atoms with van der Waals surface area (Å²) in [5.74, 6) is 0.500. The summed E-state index contributed by atoms with van der Waals surface area (Å²) >= 11 is 6.02. The Morgan fingerprint density at radius 3 is 2.76 bits per heavy atom. The highest BCUT2D eigenvalue weighted by Gasteiger charge is 2.11. The molecule has 1 aromatic heterocycles. The fraction of sp³-hybridized carbons (Fsp3) is 0.188. The van der Waals surface area contributed by atoms with Crippen LogP contribution in [0.4, 0.5) is 10.1 Å². The molecule has 3 nitrogen and oxygen atoms in total. The van der Waals surface area contributed by atoms with Gasteiger partial charge in [0.1, 0.15) is 11.6 Å². The van der Waals surface area contributed by atoms with E-state index in [1.54, 1.807) is 12.1 Å². The van der Waals surface area contributed by atoms with Crippen molar-refractivity contribution in [2.45, 2.75) is 20.0 Å². The van der Waals surface area contributed by atoms with Crippen LogP contribution >= 0.6 is 11.6 Å². The fourth-order valence-corrected chi connectivity index (χ4v) is 2.68. The van der Waals surface area contributed by atoms with Gasteiger partial charge in [-0.15, -0.1) is 0 Å². The zero-order valence-electron chi connectivity index (χ0n) is 11.6. The van der Waals surface area contributed by atoms with Crippen LogP contribution in [0.2, 0.25) is 5.02 Å². The predicted octanol–water partition coefficient (Wildman–Crippen LogP) is 4.46. The molecule has 21 heavy (non-hydrogen) atoms. The summed E-state index contributed by atoms with van der Waals surface area (Å²) in [5, 5.41) is 3.41. The minimum Gasteiger partial charge on any atom is -0.374 e. The van der Waals surface area contributed by atoms with Gasteiger partial charge in [0.05, 0.1) is 28.3 Å². The van der Waals surface area contributed by atoms with E-state index in [0.717, 1.165) is 23.4 Å². The number of hydrogen-bond acceptors (Lipinski definition) is 2. The van der Waals surface area contributed by atoms with E-state index in [0.29, 0.717) is 17.3 Å². The highest BCUT2D eigenvalue weighted by Crippen LogP contribution is 2.25. The minimum atomic E-state index is -0.360. The van der Waals surface area contributed by atoms with Gasteiger partial charge in [-0.1, -0.05) is 29.8 Å². The molecular weight excluding hydrogens is 289 g/mol. The Morgan fingerprint density at radius 1 is 1.19 bits per heavy atom. The number of benzene rings is 2. The van der Waals surface area contributed by atoms with E-state index in [4.69, 9.17) is 11.6 Å². The van der Waals surface area contributed by atoms with Gasteiger partial charge in [0, 0.05) is 6.54 Å². The second-order valence-electron chi connectivity index (χ2n) is 4.71. The van der Waals surface area contributed by atoms with Crippen LogP contribution in [0.25, 0.3) is 11.0 Å². The van der Waals surface area contributed by atoms with Gasteiger partial charge in [0.25, 0.3) is 0 Å². The molecule has 0 bridgehead atoms. The van der Waals surface area contributed by atoms with Crippen LogP contribution in [0.15, 0.2) is 42.5 Å². The van der Waals surface area contributed by atoms with Gasteiger partial charge in [0.2, 0.25) is 0 Å². The molecule has 0 saturated heterocycles. The van der Waals surface area contributed by atoms with Gasteiger partial charge in [0.15, 0.2) is 0 Å². The SMILES string of the molecule is CCn1c(CNc2c(F)cccc2Cl)nc2ccccc21. The van der Waals surface area contributed by atoms with Crippen LogP contribution < -0.4 is 5.32 Å². The molecule has 0 amide bonds. The van der Waals surface area contributed by atoms with Crippen molar-refractivity contribution >= 4 is 28.3 Å². The first-order valence-corrected chi connectivity index (χ1v) is 7.20. The molecule has 108 valence electrons. The van der Waals surface area contributed by atoms with E-state index >= 15 is 0 Å². The Kier molecular flexibility index (Phi) is 3.80. The normalized spacial score (nSPS) is 11.0. The van der Waals surface area contributed by atoms with Crippen LogP contribution in [0.5, 0.6) is 0 Å². The molecule has 0 unspecified atom stereocenters. The van der Waals surface area contributed by atoms with Gasteiger partial charge in [-0.05, 0) is 31.2 Å². The molecule has 0 aliphatic heterocycles. The van der Waals surface area contributed by atoms with Crippen LogP contribution in [-0.2, 0) is 13.1 Å². The Bertz CT molecular complexity index is 762. The maximum atomic E-state index is 13.8. The standard InChI is InChI=1S/C16H15ClFN3/c1-2-21-14-9-4-3-8-13(14)20-15(21)10-19-16-11(17)6-5-7-12(16)18/h3-9,19H,2,10H2,1H3. The Balaban J connectivity index is 1.92. The molecule has 0 aliphatic rings. The molecule has 3 aromatic rings. The lowest BCUT2D eigenvalue weighted by Crippen LogP contribution is -2.09.